The lowest BCUT2D eigenvalue weighted by Crippen LogP contribution is -2.43. The monoisotopic (exact) mass is 476 g/mol. The van der Waals surface area contributed by atoms with Gasteiger partial charge in [0.05, 0.1) is 19.8 Å². The van der Waals surface area contributed by atoms with Crippen molar-refractivity contribution in [3.05, 3.63) is 41.5 Å². The van der Waals surface area contributed by atoms with Crippen LogP contribution in [0.4, 0.5) is 14.6 Å². The third-order valence-corrected chi connectivity index (χ3v) is 6.60. The summed E-state index contributed by atoms with van der Waals surface area (Å²) in [6, 6.07) is 5.13. The Bertz CT molecular complexity index is 1010. The van der Waals surface area contributed by atoms with Gasteiger partial charge in [-0.2, -0.15) is 17.7 Å². The SMILES string of the molecule is C[C@H](CO)Oc1cc(NS(=O)(=O)N2CCOCC2)nc(SCc2cccc(F)c2F)n1. The summed E-state index contributed by atoms with van der Waals surface area (Å²) in [5.41, 5.74) is 0.110. The molecule has 1 aromatic carbocycles. The molecule has 0 amide bonds. The van der Waals surface area contributed by atoms with Gasteiger partial charge in [0.2, 0.25) is 5.88 Å². The zero-order valence-electron chi connectivity index (χ0n) is 16.6. The van der Waals surface area contributed by atoms with Gasteiger partial charge in [-0.15, -0.1) is 0 Å². The first-order valence-corrected chi connectivity index (χ1v) is 11.8. The normalized spacial score (nSPS) is 16.1. The van der Waals surface area contributed by atoms with E-state index in [1.165, 1.54) is 22.5 Å². The van der Waals surface area contributed by atoms with Crippen LogP contribution in [0.1, 0.15) is 12.5 Å². The first kappa shape index (κ1) is 23.6. The van der Waals surface area contributed by atoms with Gasteiger partial charge in [0.25, 0.3) is 0 Å². The first-order chi connectivity index (χ1) is 14.8. The minimum atomic E-state index is -3.89. The number of morpholine rings is 1. The van der Waals surface area contributed by atoms with Gasteiger partial charge in [-0.1, -0.05) is 23.9 Å². The highest BCUT2D eigenvalue weighted by Crippen LogP contribution is 2.26. The van der Waals surface area contributed by atoms with E-state index in [0.29, 0.717) is 0 Å². The second-order valence-electron chi connectivity index (χ2n) is 6.61. The lowest BCUT2D eigenvalue weighted by Gasteiger charge is -2.26. The highest BCUT2D eigenvalue weighted by molar-refractivity contribution is 7.98. The Morgan fingerprint density at radius 1 is 1.32 bits per heavy atom. The molecule has 31 heavy (non-hydrogen) atoms. The van der Waals surface area contributed by atoms with Crippen LogP contribution in [0, 0.1) is 11.6 Å². The number of hydrogen-bond acceptors (Lipinski definition) is 8. The number of hydrogen-bond donors (Lipinski definition) is 2. The second kappa shape index (κ2) is 10.5. The molecule has 0 saturated carbocycles. The summed E-state index contributed by atoms with van der Waals surface area (Å²) < 4.78 is 66.9. The minimum Gasteiger partial charge on any atom is -0.472 e. The van der Waals surface area contributed by atoms with Crippen LogP contribution in [-0.2, 0) is 20.7 Å². The second-order valence-corrected chi connectivity index (χ2v) is 9.22. The Labute approximate surface area is 183 Å². The Morgan fingerprint density at radius 2 is 2.06 bits per heavy atom. The number of nitrogens with one attached hydrogen (secondary N) is 1. The molecule has 1 atom stereocenters. The molecule has 13 heteroatoms. The fourth-order valence-corrected chi connectivity index (χ4v) is 4.56. The van der Waals surface area contributed by atoms with Gasteiger partial charge in [0.15, 0.2) is 16.8 Å². The maximum atomic E-state index is 13.9. The Kier molecular flexibility index (Phi) is 8.00. The predicted octanol–water partition coefficient (Wildman–Crippen LogP) is 1.80. The van der Waals surface area contributed by atoms with Crippen molar-refractivity contribution in [3.63, 3.8) is 0 Å². The lowest BCUT2D eigenvalue weighted by molar-refractivity contribution is 0.0733. The Morgan fingerprint density at radius 3 is 2.77 bits per heavy atom. The van der Waals surface area contributed by atoms with Crippen molar-refractivity contribution in [3.8, 4) is 5.88 Å². The molecule has 3 rings (SSSR count). The maximum Gasteiger partial charge on any atom is 0.302 e. The molecule has 9 nitrogen and oxygen atoms in total. The summed E-state index contributed by atoms with van der Waals surface area (Å²) in [7, 11) is -3.89. The number of benzene rings is 1. The van der Waals surface area contributed by atoms with E-state index in [0.717, 1.165) is 17.8 Å². The molecular formula is C18H22F2N4O5S2. The fraction of sp³-hybridized carbons (Fsp3) is 0.444. The van der Waals surface area contributed by atoms with Crippen molar-refractivity contribution >= 4 is 27.8 Å². The summed E-state index contributed by atoms with van der Waals surface area (Å²) in [5, 5.41) is 9.31. The van der Waals surface area contributed by atoms with E-state index in [2.05, 4.69) is 14.7 Å². The van der Waals surface area contributed by atoms with Crippen LogP contribution in [-0.4, -0.2) is 66.8 Å². The number of aliphatic hydroxyl groups excluding tert-OH is 1. The van der Waals surface area contributed by atoms with Gasteiger partial charge in [-0.05, 0) is 13.0 Å². The number of ether oxygens (including phenoxy) is 2. The standard InChI is InChI=1S/C18H22F2N4O5S2/c1-12(10-25)29-16-9-15(23-31(26,27)24-5-7-28-8-6-24)21-18(22-16)30-11-13-3-2-4-14(19)17(13)20/h2-4,9,12,25H,5-8,10-11H2,1H3,(H,21,22,23)/t12-/m1/s1. The van der Waals surface area contributed by atoms with Crippen LogP contribution in [0.2, 0.25) is 0 Å². The van der Waals surface area contributed by atoms with Gasteiger partial charge < -0.3 is 14.6 Å². The summed E-state index contributed by atoms with van der Waals surface area (Å²) in [5.74, 6) is -1.95. The molecule has 1 aliphatic rings. The number of nitrogens with zero attached hydrogens (tertiary/aromatic N) is 3. The molecule has 1 saturated heterocycles. The Hall–Kier alpha value is -2.06. The quantitative estimate of drug-likeness (QED) is 0.416. The maximum absolute atomic E-state index is 13.9. The molecule has 1 aromatic heterocycles. The number of rotatable bonds is 9. The van der Waals surface area contributed by atoms with Gasteiger partial charge in [-0.25, -0.2) is 13.8 Å². The summed E-state index contributed by atoms with van der Waals surface area (Å²) in [6.07, 6.45) is -0.600. The average molecular weight is 477 g/mol. The number of thioether (sulfide) groups is 1. The van der Waals surface area contributed by atoms with Crippen LogP contribution in [0.5, 0.6) is 5.88 Å². The fourth-order valence-electron chi connectivity index (χ4n) is 2.61. The molecule has 170 valence electrons. The van der Waals surface area contributed by atoms with Crippen molar-refractivity contribution in [2.24, 2.45) is 0 Å². The molecule has 0 bridgehead atoms. The van der Waals surface area contributed by atoms with Crippen LogP contribution in [0.25, 0.3) is 0 Å². The van der Waals surface area contributed by atoms with Gasteiger partial charge in [-0.3, -0.25) is 4.72 Å². The highest BCUT2D eigenvalue weighted by atomic mass is 32.2. The van der Waals surface area contributed by atoms with E-state index in [9.17, 15) is 22.3 Å². The van der Waals surface area contributed by atoms with Crippen LogP contribution in [0.3, 0.4) is 0 Å². The molecule has 0 aliphatic carbocycles. The number of anilines is 1. The van der Waals surface area contributed by atoms with E-state index in [-0.39, 0.29) is 61.1 Å². The van der Waals surface area contributed by atoms with Crippen molar-refractivity contribution in [2.75, 3.05) is 37.6 Å². The molecule has 0 spiro atoms. The molecule has 1 fully saturated rings. The number of aliphatic hydroxyl groups is 1. The number of halogens is 2. The van der Waals surface area contributed by atoms with E-state index >= 15 is 0 Å². The zero-order chi connectivity index (χ0) is 22.4. The molecular weight excluding hydrogens is 454 g/mol. The minimum absolute atomic E-state index is 0.0122. The average Bonchev–Trinajstić information content (AvgIpc) is 2.75. The van der Waals surface area contributed by atoms with E-state index in [4.69, 9.17) is 9.47 Å². The smallest absolute Gasteiger partial charge is 0.302 e. The van der Waals surface area contributed by atoms with Gasteiger partial charge in [0, 0.05) is 30.5 Å². The largest absolute Gasteiger partial charge is 0.472 e. The zero-order valence-corrected chi connectivity index (χ0v) is 18.3. The molecule has 1 aliphatic heterocycles. The molecule has 0 unspecified atom stereocenters. The molecule has 2 heterocycles. The van der Waals surface area contributed by atoms with Gasteiger partial charge in [0.1, 0.15) is 11.9 Å². The highest BCUT2D eigenvalue weighted by Gasteiger charge is 2.25. The van der Waals surface area contributed by atoms with Gasteiger partial charge >= 0.3 is 10.2 Å². The topological polar surface area (TPSA) is 114 Å². The third-order valence-electron chi connectivity index (χ3n) is 4.19. The van der Waals surface area contributed by atoms with Crippen LogP contribution in [0.15, 0.2) is 29.4 Å². The van der Waals surface area contributed by atoms with Crippen molar-refractivity contribution in [1.82, 2.24) is 14.3 Å². The summed E-state index contributed by atoms with van der Waals surface area (Å²) in [6.45, 7) is 2.29. The van der Waals surface area contributed by atoms with E-state index in [1.54, 1.807) is 6.92 Å². The summed E-state index contributed by atoms with van der Waals surface area (Å²) >= 11 is 0.981. The summed E-state index contributed by atoms with van der Waals surface area (Å²) in [4.78, 5) is 8.32. The molecule has 0 radical (unpaired) electrons. The molecule has 2 aromatic rings. The lowest BCUT2D eigenvalue weighted by atomic mass is 10.2. The van der Waals surface area contributed by atoms with E-state index < -0.39 is 27.9 Å². The number of aromatic nitrogens is 2. The van der Waals surface area contributed by atoms with Crippen molar-refractivity contribution in [2.45, 2.75) is 23.9 Å². The van der Waals surface area contributed by atoms with Crippen molar-refractivity contribution in [1.29, 1.82) is 0 Å². The first-order valence-electron chi connectivity index (χ1n) is 9.36. The van der Waals surface area contributed by atoms with E-state index in [1.807, 2.05) is 0 Å². The molecule has 2 N–H and O–H groups in total. The van der Waals surface area contributed by atoms with Crippen molar-refractivity contribution < 1.29 is 31.8 Å². The predicted molar refractivity (Wildman–Crippen MR) is 110 cm³/mol. The Balaban J connectivity index is 1.82. The van der Waals surface area contributed by atoms with Crippen LogP contribution < -0.4 is 9.46 Å². The van der Waals surface area contributed by atoms with Crippen LogP contribution >= 0.6 is 11.8 Å². The third kappa shape index (κ3) is 6.46.